The van der Waals surface area contributed by atoms with Gasteiger partial charge in [0.2, 0.25) is 0 Å². The molecular weight excluding hydrogens is 210 g/mol. The lowest BCUT2D eigenvalue weighted by Crippen LogP contribution is -2.24. The maximum absolute atomic E-state index is 4.49. The average Bonchev–Trinajstić information content (AvgIpc) is 2.33. The van der Waals surface area contributed by atoms with E-state index in [0.717, 1.165) is 38.3 Å². The van der Waals surface area contributed by atoms with Crippen LogP contribution in [-0.4, -0.2) is 30.0 Å². The Bertz CT molecular complexity index is 319. The lowest BCUT2D eigenvalue weighted by atomic mass is 10.2. The van der Waals surface area contributed by atoms with Crippen LogP contribution in [0.4, 0.5) is 0 Å². The maximum Gasteiger partial charge on any atom is 0.0544 e. The molecule has 1 N–H and O–H groups in total. The van der Waals surface area contributed by atoms with E-state index in [-0.39, 0.29) is 0 Å². The molecule has 1 aromatic heterocycles. The molecule has 17 heavy (non-hydrogen) atoms. The van der Waals surface area contributed by atoms with Gasteiger partial charge in [0.05, 0.1) is 5.69 Å². The molecule has 0 spiro atoms. The maximum atomic E-state index is 4.49. The summed E-state index contributed by atoms with van der Waals surface area (Å²) in [6.45, 7) is 9.78. The molecule has 0 aliphatic rings. The first kappa shape index (κ1) is 13.9. The number of hydrogen-bond acceptors (Lipinski definition) is 3. The van der Waals surface area contributed by atoms with Crippen LogP contribution in [0.3, 0.4) is 0 Å². The van der Waals surface area contributed by atoms with Crippen LogP contribution < -0.4 is 5.32 Å². The molecule has 0 atom stereocenters. The van der Waals surface area contributed by atoms with Crippen LogP contribution in [-0.2, 0) is 13.1 Å². The fraction of sp³-hybridized carbons (Fsp3) is 0.500. The normalized spacial score (nSPS) is 10.8. The second-order valence-corrected chi connectivity index (χ2v) is 4.21. The second kappa shape index (κ2) is 7.98. The second-order valence-electron chi connectivity index (χ2n) is 4.21. The SMILES string of the molecule is C=CCN(CCC)Cc1ccc(CNC)cn1. The van der Waals surface area contributed by atoms with E-state index in [0.29, 0.717) is 0 Å². The Morgan fingerprint density at radius 1 is 1.47 bits per heavy atom. The van der Waals surface area contributed by atoms with Gasteiger partial charge in [-0.25, -0.2) is 0 Å². The lowest BCUT2D eigenvalue weighted by molar-refractivity contribution is 0.291. The summed E-state index contributed by atoms with van der Waals surface area (Å²) in [6, 6.07) is 4.25. The third-order valence-electron chi connectivity index (χ3n) is 2.58. The van der Waals surface area contributed by atoms with Crippen LogP contribution >= 0.6 is 0 Å². The van der Waals surface area contributed by atoms with Crippen LogP contribution in [0.1, 0.15) is 24.6 Å². The predicted octanol–water partition coefficient (Wildman–Crippen LogP) is 2.20. The molecule has 0 amide bonds. The molecule has 0 unspecified atom stereocenters. The number of nitrogens with one attached hydrogen (secondary N) is 1. The van der Waals surface area contributed by atoms with Gasteiger partial charge < -0.3 is 5.32 Å². The van der Waals surface area contributed by atoms with Crippen LogP contribution in [0.15, 0.2) is 31.0 Å². The van der Waals surface area contributed by atoms with Gasteiger partial charge >= 0.3 is 0 Å². The van der Waals surface area contributed by atoms with Crippen molar-refractivity contribution in [3.63, 3.8) is 0 Å². The standard InChI is InChI=1S/C14H23N3/c1-4-8-17(9-5-2)12-14-7-6-13(10-15-3)11-16-14/h4,6-7,11,15H,1,5,8-10,12H2,2-3H3. The van der Waals surface area contributed by atoms with Gasteiger partial charge in [-0.3, -0.25) is 9.88 Å². The van der Waals surface area contributed by atoms with Gasteiger partial charge in [0.15, 0.2) is 0 Å². The van der Waals surface area contributed by atoms with Crippen molar-refractivity contribution in [3.8, 4) is 0 Å². The van der Waals surface area contributed by atoms with Crippen LogP contribution in [0.5, 0.6) is 0 Å². The highest BCUT2D eigenvalue weighted by atomic mass is 15.1. The first-order valence-corrected chi connectivity index (χ1v) is 6.21. The molecule has 94 valence electrons. The van der Waals surface area contributed by atoms with E-state index in [2.05, 4.69) is 40.8 Å². The molecule has 1 heterocycles. The van der Waals surface area contributed by atoms with E-state index in [4.69, 9.17) is 0 Å². The topological polar surface area (TPSA) is 28.2 Å². The van der Waals surface area contributed by atoms with E-state index in [1.807, 2.05) is 19.3 Å². The Labute approximate surface area is 105 Å². The number of aromatic nitrogens is 1. The number of pyridine rings is 1. The van der Waals surface area contributed by atoms with Gasteiger partial charge in [0, 0.05) is 25.8 Å². The molecule has 1 rings (SSSR count). The first-order valence-electron chi connectivity index (χ1n) is 6.21. The van der Waals surface area contributed by atoms with Crippen molar-refractivity contribution in [2.24, 2.45) is 0 Å². The van der Waals surface area contributed by atoms with Crippen LogP contribution in [0.2, 0.25) is 0 Å². The molecule has 0 saturated carbocycles. The van der Waals surface area contributed by atoms with E-state index >= 15 is 0 Å². The van der Waals surface area contributed by atoms with E-state index in [9.17, 15) is 0 Å². The van der Waals surface area contributed by atoms with Crippen molar-refractivity contribution in [1.82, 2.24) is 15.2 Å². The summed E-state index contributed by atoms with van der Waals surface area (Å²) in [5.41, 5.74) is 2.35. The largest absolute Gasteiger partial charge is 0.316 e. The highest BCUT2D eigenvalue weighted by molar-refractivity contribution is 5.13. The van der Waals surface area contributed by atoms with Gasteiger partial charge in [0.25, 0.3) is 0 Å². The van der Waals surface area contributed by atoms with Crippen molar-refractivity contribution in [2.45, 2.75) is 26.4 Å². The zero-order valence-corrected chi connectivity index (χ0v) is 10.9. The van der Waals surface area contributed by atoms with Gasteiger partial charge in [-0.05, 0) is 31.6 Å². The van der Waals surface area contributed by atoms with Crippen molar-refractivity contribution in [2.75, 3.05) is 20.1 Å². The Morgan fingerprint density at radius 2 is 2.29 bits per heavy atom. The molecular formula is C14H23N3. The highest BCUT2D eigenvalue weighted by Crippen LogP contribution is 2.04. The van der Waals surface area contributed by atoms with Crippen molar-refractivity contribution < 1.29 is 0 Å². The van der Waals surface area contributed by atoms with E-state index < -0.39 is 0 Å². The molecule has 3 nitrogen and oxygen atoms in total. The van der Waals surface area contributed by atoms with Crippen molar-refractivity contribution in [3.05, 3.63) is 42.2 Å². The predicted molar refractivity (Wildman–Crippen MR) is 72.8 cm³/mol. The highest BCUT2D eigenvalue weighted by Gasteiger charge is 2.04. The molecule has 3 heteroatoms. The Balaban J connectivity index is 2.56. The quantitative estimate of drug-likeness (QED) is 0.698. The molecule has 1 aromatic rings. The van der Waals surface area contributed by atoms with Gasteiger partial charge in [-0.1, -0.05) is 19.1 Å². The summed E-state index contributed by atoms with van der Waals surface area (Å²) in [6.07, 6.45) is 5.06. The summed E-state index contributed by atoms with van der Waals surface area (Å²) in [4.78, 5) is 6.84. The zero-order valence-electron chi connectivity index (χ0n) is 10.9. The Kier molecular flexibility index (Phi) is 6.51. The molecule has 0 saturated heterocycles. The third kappa shape index (κ3) is 5.11. The lowest BCUT2D eigenvalue weighted by Gasteiger charge is -2.19. The Morgan fingerprint density at radius 3 is 2.82 bits per heavy atom. The average molecular weight is 233 g/mol. The number of rotatable bonds is 8. The smallest absolute Gasteiger partial charge is 0.0544 e. The third-order valence-corrected chi connectivity index (χ3v) is 2.58. The molecule has 0 fully saturated rings. The fourth-order valence-corrected chi connectivity index (χ4v) is 1.82. The number of hydrogen-bond donors (Lipinski definition) is 1. The summed E-state index contributed by atoms with van der Waals surface area (Å²) in [7, 11) is 1.95. The summed E-state index contributed by atoms with van der Waals surface area (Å²) < 4.78 is 0. The number of nitrogens with zero attached hydrogens (tertiary/aromatic N) is 2. The molecule has 0 aliphatic heterocycles. The monoisotopic (exact) mass is 233 g/mol. The molecule has 0 bridgehead atoms. The van der Waals surface area contributed by atoms with Crippen molar-refractivity contribution >= 4 is 0 Å². The molecule has 0 aliphatic carbocycles. The summed E-state index contributed by atoms with van der Waals surface area (Å²) in [5.74, 6) is 0. The van der Waals surface area contributed by atoms with E-state index in [1.165, 1.54) is 5.56 Å². The first-order chi connectivity index (χ1) is 8.30. The van der Waals surface area contributed by atoms with Crippen molar-refractivity contribution in [1.29, 1.82) is 0 Å². The minimum Gasteiger partial charge on any atom is -0.316 e. The van der Waals surface area contributed by atoms with Gasteiger partial charge in [0.1, 0.15) is 0 Å². The summed E-state index contributed by atoms with van der Waals surface area (Å²) in [5, 5.41) is 3.12. The van der Waals surface area contributed by atoms with Gasteiger partial charge in [-0.2, -0.15) is 0 Å². The van der Waals surface area contributed by atoms with Gasteiger partial charge in [-0.15, -0.1) is 6.58 Å². The minimum atomic E-state index is 0.874. The van der Waals surface area contributed by atoms with Crippen LogP contribution in [0.25, 0.3) is 0 Å². The van der Waals surface area contributed by atoms with E-state index in [1.54, 1.807) is 0 Å². The fourth-order valence-electron chi connectivity index (χ4n) is 1.82. The molecule has 0 radical (unpaired) electrons. The zero-order chi connectivity index (χ0) is 12.5. The molecule has 0 aromatic carbocycles. The Hall–Kier alpha value is -1.19. The minimum absolute atomic E-state index is 0.874. The summed E-state index contributed by atoms with van der Waals surface area (Å²) >= 11 is 0. The van der Waals surface area contributed by atoms with Crippen LogP contribution in [0, 0.1) is 0 Å².